The number of Topliss-reactive ketones (excluding diaryl/α,β-unsaturated/α-hetero) is 1. The molecule has 0 saturated heterocycles. The van der Waals surface area contributed by atoms with E-state index in [9.17, 15) is 9.59 Å². The maximum Gasteiger partial charge on any atom is 0.313 e. The van der Waals surface area contributed by atoms with Crippen molar-refractivity contribution in [3.05, 3.63) is 30.0 Å². The monoisotopic (exact) mass is 261 g/mol. The predicted octanol–water partition coefficient (Wildman–Crippen LogP) is 1.93. The number of ether oxygens (including phenoxy) is 2. The quantitative estimate of drug-likeness (QED) is 0.479. The minimum absolute atomic E-state index is 0.268. The molecule has 0 aliphatic rings. The number of esters is 1. The molecule has 19 heavy (non-hydrogen) atoms. The molecular weight excluding hydrogens is 246 g/mol. The zero-order chi connectivity index (χ0) is 14.0. The third-order valence-electron chi connectivity index (χ3n) is 3.04. The Kier molecular flexibility index (Phi) is 3.55. The van der Waals surface area contributed by atoms with E-state index in [0.717, 1.165) is 10.9 Å². The van der Waals surface area contributed by atoms with E-state index < -0.39 is 5.97 Å². The number of nitrogens with zero attached hydrogens (tertiary/aromatic N) is 1. The van der Waals surface area contributed by atoms with Crippen LogP contribution in [0.25, 0.3) is 10.9 Å². The van der Waals surface area contributed by atoms with Gasteiger partial charge in [0.15, 0.2) is 5.78 Å². The van der Waals surface area contributed by atoms with Crippen molar-refractivity contribution in [2.24, 2.45) is 7.05 Å². The molecular formula is C14H15NO4. The summed E-state index contributed by atoms with van der Waals surface area (Å²) in [4.78, 5) is 23.1. The van der Waals surface area contributed by atoms with E-state index in [1.807, 2.05) is 23.9 Å². The van der Waals surface area contributed by atoms with Crippen molar-refractivity contribution in [3.8, 4) is 5.75 Å². The molecule has 0 saturated carbocycles. The topological polar surface area (TPSA) is 57.5 Å². The van der Waals surface area contributed by atoms with Gasteiger partial charge in [0.2, 0.25) is 0 Å². The van der Waals surface area contributed by atoms with Crippen molar-refractivity contribution in [2.45, 2.75) is 6.42 Å². The summed E-state index contributed by atoms with van der Waals surface area (Å²) in [6, 6.07) is 5.32. The van der Waals surface area contributed by atoms with Crippen LogP contribution in [0.5, 0.6) is 5.75 Å². The van der Waals surface area contributed by atoms with Gasteiger partial charge in [0.05, 0.1) is 19.7 Å². The lowest BCUT2D eigenvalue weighted by Gasteiger charge is -2.07. The van der Waals surface area contributed by atoms with E-state index in [1.54, 1.807) is 19.2 Å². The molecule has 100 valence electrons. The molecule has 0 unspecified atom stereocenters. The first-order chi connectivity index (χ1) is 9.06. The number of rotatable bonds is 4. The molecule has 0 aliphatic heterocycles. The van der Waals surface area contributed by atoms with Crippen LogP contribution in [0.15, 0.2) is 24.4 Å². The smallest absolute Gasteiger partial charge is 0.313 e. The van der Waals surface area contributed by atoms with Crippen LogP contribution in [0, 0.1) is 0 Å². The van der Waals surface area contributed by atoms with Crippen LogP contribution >= 0.6 is 0 Å². The fourth-order valence-corrected chi connectivity index (χ4v) is 1.97. The van der Waals surface area contributed by atoms with Gasteiger partial charge in [0.25, 0.3) is 0 Å². The number of hydrogen-bond acceptors (Lipinski definition) is 4. The largest absolute Gasteiger partial charge is 0.496 e. The van der Waals surface area contributed by atoms with E-state index in [0.29, 0.717) is 11.3 Å². The maximum absolute atomic E-state index is 12.0. The number of methoxy groups -OCH3 is 2. The number of aromatic nitrogens is 1. The summed E-state index contributed by atoms with van der Waals surface area (Å²) in [6.07, 6.45) is 1.62. The Balaban J connectivity index is 2.46. The lowest BCUT2D eigenvalue weighted by atomic mass is 10.1. The third-order valence-corrected chi connectivity index (χ3v) is 3.04. The van der Waals surface area contributed by atoms with Crippen LogP contribution in [0.4, 0.5) is 0 Å². The molecule has 2 aromatic rings. The van der Waals surface area contributed by atoms with Crippen LogP contribution in [0.2, 0.25) is 0 Å². The van der Waals surface area contributed by atoms with Gasteiger partial charge < -0.3 is 14.0 Å². The second-order valence-corrected chi connectivity index (χ2v) is 4.21. The number of carbonyl (C=O) groups is 2. The van der Waals surface area contributed by atoms with Gasteiger partial charge in [0, 0.05) is 24.2 Å². The zero-order valence-corrected chi connectivity index (χ0v) is 11.1. The Labute approximate surface area is 110 Å². The van der Waals surface area contributed by atoms with Crippen LogP contribution in [-0.4, -0.2) is 30.5 Å². The van der Waals surface area contributed by atoms with Crippen molar-refractivity contribution in [2.75, 3.05) is 14.2 Å². The van der Waals surface area contributed by atoms with Crippen LogP contribution in [0.3, 0.4) is 0 Å². The fourth-order valence-electron chi connectivity index (χ4n) is 1.97. The number of benzene rings is 1. The van der Waals surface area contributed by atoms with Gasteiger partial charge in [0.1, 0.15) is 12.2 Å². The molecule has 5 heteroatoms. The highest BCUT2D eigenvalue weighted by molar-refractivity contribution is 6.08. The highest BCUT2D eigenvalue weighted by atomic mass is 16.5. The molecule has 0 N–H and O–H groups in total. The summed E-state index contributed by atoms with van der Waals surface area (Å²) in [5.74, 6) is -0.212. The van der Waals surface area contributed by atoms with Crippen molar-refractivity contribution < 1.29 is 19.1 Å². The van der Waals surface area contributed by atoms with Gasteiger partial charge >= 0.3 is 5.97 Å². The molecule has 0 radical (unpaired) electrons. The molecule has 2 rings (SSSR count). The van der Waals surface area contributed by atoms with E-state index in [1.165, 1.54) is 7.11 Å². The van der Waals surface area contributed by atoms with Crippen molar-refractivity contribution >= 4 is 22.7 Å². The number of aryl methyl sites for hydroxylation is 1. The first-order valence-electron chi connectivity index (χ1n) is 5.80. The molecule has 0 atom stereocenters. The maximum atomic E-state index is 12.0. The Hall–Kier alpha value is -2.30. The second-order valence-electron chi connectivity index (χ2n) is 4.21. The Bertz CT molecular complexity index is 642. The van der Waals surface area contributed by atoms with E-state index in [-0.39, 0.29) is 12.2 Å². The van der Waals surface area contributed by atoms with Crippen LogP contribution in [0.1, 0.15) is 16.8 Å². The van der Waals surface area contributed by atoms with Gasteiger partial charge in [-0.25, -0.2) is 0 Å². The summed E-state index contributed by atoms with van der Waals surface area (Å²) in [5.41, 5.74) is 1.32. The van der Waals surface area contributed by atoms with Gasteiger partial charge in [-0.3, -0.25) is 9.59 Å². The van der Waals surface area contributed by atoms with Gasteiger partial charge in [-0.1, -0.05) is 0 Å². The lowest BCUT2D eigenvalue weighted by Crippen LogP contribution is -2.09. The molecule has 1 aromatic carbocycles. The van der Waals surface area contributed by atoms with Crippen molar-refractivity contribution in [1.82, 2.24) is 4.57 Å². The minimum Gasteiger partial charge on any atom is -0.496 e. The minimum atomic E-state index is -0.545. The van der Waals surface area contributed by atoms with Crippen molar-refractivity contribution in [3.63, 3.8) is 0 Å². The molecule has 0 fully saturated rings. The molecule has 0 amide bonds. The summed E-state index contributed by atoms with van der Waals surface area (Å²) in [7, 11) is 4.70. The summed E-state index contributed by atoms with van der Waals surface area (Å²) in [5, 5.41) is 0.930. The van der Waals surface area contributed by atoms with E-state index in [4.69, 9.17) is 4.74 Å². The Morgan fingerprint density at radius 3 is 2.63 bits per heavy atom. The van der Waals surface area contributed by atoms with Crippen LogP contribution in [-0.2, 0) is 16.6 Å². The molecule has 0 spiro atoms. The average molecular weight is 261 g/mol. The normalized spacial score (nSPS) is 10.5. The Morgan fingerprint density at radius 1 is 1.26 bits per heavy atom. The van der Waals surface area contributed by atoms with E-state index >= 15 is 0 Å². The molecule has 0 bridgehead atoms. The number of carbonyl (C=O) groups excluding carboxylic acids is 2. The number of hydrogen-bond donors (Lipinski definition) is 0. The summed E-state index contributed by atoms with van der Waals surface area (Å²) in [6.45, 7) is 0. The second kappa shape index (κ2) is 5.14. The first kappa shape index (κ1) is 13.1. The number of ketones is 1. The predicted molar refractivity (Wildman–Crippen MR) is 70.4 cm³/mol. The van der Waals surface area contributed by atoms with Gasteiger partial charge in [-0.2, -0.15) is 0 Å². The standard InChI is InChI=1S/C14H15NO4/c1-15-5-4-10-11(15)6-9(7-13(10)18-2)12(16)8-14(17)19-3/h4-7H,8H2,1-3H3. The number of fused-ring (bicyclic) bond motifs is 1. The highest BCUT2D eigenvalue weighted by Crippen LogP contribution is 2.28. The highest BCUT2D eigenvalue weighted by Gasteiger charge is 2.15. The SMILES string of the molecule is COC(=O)CC(=O)c1cc(OC)c2ccn(C)c2c1. The molecule has 1 heterocycles. The van der Waals surface area contributed by atoms with E-state index in [2.05, 4.69) is 4.74 Å². The summed E-state index contributed by atoms with van der Waals surface area (Å²) < 4.78 is 11.7. The van der Waals surface area contributed by atoms with Gasteiger partial charge in [-0.05, 0) is 18.2 Å². The zero-order valence-electron chi connectivity index (χ0n) is 11.1. The average Bonchev–Trinajstić information content (AvgIpc) is 2.79. The first-order valence-corrected chi connectivity index (χ1v) is 5.80. The molecule has 5 nitrogen and oxygen atoms in total. The third kappa shape index (κ3) is 2.45. The summed E-state index contributed by atoms with van der Waals surface area (Å²) >= 11 is 0. The molecule has 0 aliphatic carbocycles. The van der Waals surface area contributed by atoms with Crippen molar-refractivity contribution in [1.29, 1.82) is 0 Å². The lowest BCUT2D eigenvalue weighted by molar-refractivity contribution is -0.139. The van der Waals surface area contributed by atoms with Gasteiger partial charge in [-0.15, -0.1) is 0 Å². The fraction of sp³-hybridized carbons (Fsp3) is 0.286. The molecule has 1 aromatic heterocycles. The Morgan fingerprint density at radius 2 is 2.00 bits per heavy atom. The van der Waals surface area contributed by atoms with Crippen LogP contribution < -0.4 is 4.74 Å².